The molecule has 0 saturated heterocycles. The molecule has 0 bridgehead atoms. The standard InChI is InChI=1S/C24H15Br2N/c25-20-8-5-9-21(26)24(20)16-12-14-17(15-13-16)27-22-10-3-1-6-18(22)19-7-2-4-11-23(19)27/h1-15H. The van der Waals surface area contributed by atoms with E-state index in [0.29, 0.717) is 0 Å². The molecule has 0 spiro atoms. The van der Waals surface area contributed by atoms with Crippen LogP contribution in [0, 0.1) is 0 Å². The lowest BCUT2D eigenvalue weighted by Crippen LogP contribution is -1.93. The van der Waals surface area contributed by atoms with E-state index in [2.05, 4.69) is 121 Å². The van der Waals surface area contributed by atoms with Crippen molar-refractivity contribution in [3.63, 3.8) is 0 Å². The zero-order valence-electron chi connectivity index (χ0n) is 14.4. The first-order valence-electron chi connectivity index (χ1n) is 8.77. The zero-order chi connectivity index (χ0) is 18.4. The van der Waals surface area contributed by atoms with E-state index < -0.39 is 0 Å². The molecule has 27 heavy (non-hydrogen) atoms. The van der Waals surface area contributed by atoms with Crippen molar-refractivity contribution >= 4 is 53.7 Å². The molecule has 1 heterocycles. The number of nitrogens with zero attached hydrogens (tertiary/aromatic N) is 1. The fourth-order valence-electron chi connectivity index (χ4n) is 3.75. The van der Waals surface area contributed by atoms with Crippen LogP contribution in [0.15, 0.2) is 99.9 Å². The van der Waals surface area contributed by atoms with E-state index in [4.69, 9.17) is 0 Å². The van der Waals surface area contributed by atoms with Gasteiger partial charge in [-0.3, -0.25) is 0 Å². The minimum atomic E-state index is 1.08. The highest BCUT2D eigenvalue weighted by Gasteiger charge is 2.12. The van der Waals surface area contributed by atoms with Crippen LogP contribution < -0.4 is 0 Å². The van der Waals surface area contributed by atoms with E-state index in [1.54, 1.807) is 0 Å². The van der Waals surface area contributed by atoms with Gasteiger partial charge in [0.15, 0.2) is 0 Å². The molecule has 0 aliphatic heterocycles. The Morgan fingerprint density at radius 1 is 0.519 bits per heavy atom. The molecule has 0 saturated carbocycles. The van der Waals surface area contributed by atoms with Gasteiger partial charge in [-0.05, 0) is 42.0 Å². The van der Waals surface area contributed by atoms with Gasteiger partial charge in [0.25, 0.3) is 0 Å². The molecular formula is C24H15Br2N. The lowest BCUT2D eigenvalue weighted by atomic mass is 10.1. The third kappa shape index (κ3) is 2.73. The highest BCUT2D eigenvalue weighted by Crippen LogP contribution is 2.36. The van der Waals surface area contributed by atoms with E-state index in [-0.39, 0.29) is 0 Å². The largest absolute Gasteiger partial charge is 0.309 e. The van der Waals surface area contributed by atoms with Crippen LogP contribution in [0.25, 0.3) is 38.6 Å². The van der Waals surface area contributed by atoms with E-state index in [1.807, 2.05) is 6.07 Å². The molecule has 4 aromatic carbocycles. The second-order valence-electron chi connectivity index (χ2n) is 6.51. The van der Waals surface area contributed by atoms with Crippen LogP contribution in [-0.2, 0) is 0 Å². The number of benzene rings is 4. The van der Waals surface area contributed by atoms with Crippen LogP contribution in [0.4, 0.5) is 0 Å². The number of hydrogen-bond acceptors (Lipinski definition) is 0. The van der Waals surface area contributed by atoms with Crippen molar-refractivity contribution in [1.82, 2.24) is 4.57 Å². The normalized spacial score (nSPS) is 11.3. The Labute approximate surface area is 174 Å². The van der Waals surface area contributed by atoms with E-state index >= 15 is 0 Å². The summed E-state index contributed by atoms with van der Waals surface area (Å²) in [6.07, 6.45) is 0. The molecule has 5 rings (SSSR count). The SMILES string of the molecule is Brc1cccc(Br)c1-c1ccc(-n2c3ccccc3c3ccccc32)cc1. The summed E-state index contributed by atoms with van der Waals surface area (Å²) in [5.41, 5.74) is 5.98. The molecule has 0 aliphatic carbocycles. The fraction of sp³-hybridized carbons (Fsp3) is 0. The monoisotopic (exact) mass is 475 g/mol. The molecule has 5 aromatic rings. The van der Waals surface area contributed by atoms with Gasteiger partial charge in [-0.1, -0.05) is 86.5 Å². The van der Waals surface area contributed by atoms with Gasteiger partial charge in [0, 0.05) is 31.0 Å². The molecule has 0 aliphatic rings. The van der Waals surface area contributed by atoms with Crippen molar-refractivity contribution in [1.29, 1.82) is 0 Å². The van der Waals surface area contributed by atoms with Crippen molar-refractivity contribution in [3.05, 3.63) is 99.9 Å². The molecule has 0 unspecified atom stereocenters. The second-order valence-corrected chi connectivity index (χ2v) is 8.22. The minimum Gasteiger partial charge on any atom is -0.309 e. The van der Waals surface area contributed by atoms with Crippen molar-refractivity contribution < 1.29 is 0 Å². The summed E-state index contributed by atoms with van der Waals surface area (Å²) < 4.78 is 4.51. The Morgan fingerprint density at radius 3 is 1.59 bits per heavy atom. The van der Waals surface area contributed by atoms with Crippen molar-refractivity contribution in [2.75, 3.05) is 0 Å². The van der Waals surface area contributed by atoms with Crippen LogP contribution in [0.5, 0.6) is 0 Å². The molecule has 0 radical (unpaired) electrons. The highest BCUT2D eigenvalue weighted by atomic mass is 79.9. The number of aromatic nitrogens is 1. The first kappa shape index (κ1) is 16.8. The minimum absolute atomic E-state index is 1.08. The van der Waals surface area contributed by atoms with E-state index in [1.165, 1.54) is 38.6 Å². The molecule has 0 amide bonds. The van der Waals surface area contributed by atoms with Gasteiger partial charge in [0.05, 0.1) is 11.0 Å². The van der Waals surface area contributed by atoms with Gasteiger partial charge in [-0.2, -0.15) is 0 Å². The van der Waals surface area contributed by atoms with Gasteiger partial charge < -0.3 is 4.57 Å². The predicted octanol–water partition coefficient (Wildman–Crippen LogP) is 7.98. The Bertz CT molecular complexity index is 1210. The molecule has 0 N–H and O–H groups in total. The average Bonchev–Trinajstić information content (AvgIpc) is 3.03. The maximum atomic E-state index is 3.67. The van der Waals surface area contributed by atoms with Gasteiger partial charge in [0.2, 0.25) is 0 Å². The Kier molecular flexibility index (Phi) is 4.14. The third-order valence-corrected chi connectivity index (χ3v) is 6.28. The summed E-state index contributed by atoms with van der Waals surface area (Å²) >= 11 is 7.34. The average molecular weight is 477 g/mol. The van der Waals surface area contributed by atoms with Crippen LogP contribution in [-0.4, -0.2) is 4.57 Å². The third-order valence-electron chi connectivity index (χ3n) is 4.96. The van der Waals surface area contributed by atoms with Crippen molar-refractivity contribution in [2.45, 2.75) is 0 Å². The quantitative estimate of drug-likeness (QED) is 0.243. The fourth-order valence-corrected chi connectivity index (χ4v) is 5.21. The Hall–Kier alpha value is -2.36. The number of fused-ring (bicyclic) bond motifs is 3. The molecule has 130 valence electrons. The maximum Gasteiger partial charge on any atom is 0.0541 e. The van der Waals surface area contributed by atoms with Crippen LogP contribution >= 0.6 is 31.9 Å². The summed E-state index contributed by atoms with van der Waals surface area (Å²) in [5, 5.41) is 2.57. The van der Waals surface area contributed by atoms with E-state index in [0.717, 1.165) is 8.95 Å². The van der Waals surface area contributed by atoms with Crippen molar-refractivity contribution in [3.8, 4) is 16.8 Å². The second kappa shape index (κ2) is 6.66. The van der Waals surface area contributed by atoms with Gasteiger partial charge in [-0.15, -0.1) is 0 Å². The number of halogens is 2. The lowest BCUT2D eigenvalue weighted by Gasteiger charge is -2.11. The van der Waals surface area contributed by atoms with Crippen LogP contribution in [0.1, 0.15) is 0 Å². The van der Waals surface area contributed by atoms with Gasteiger partial charge in [0.1, 0.15) is 0 Å². The topological polar surface area (TPSA) is 4.93 Å². The Balaban J connectivity index is 1.72. The maximum absolute atomic E-state index is 3.67. The number of hydrogen-bond donors (Lipinski definition) is 0. The van der Waals surface area contributed by atoms with Gasteiger partial charge in [-0.25, -0.2) is 0 Å². The van der Waals surface area contributed by atoms with Crippen LogP contribution in [0.3, 0.4) is 0 Å². The Morgan fingerprint density at radius 2 is 1.04 bits per heavy atom. The smallest absolute Gasteiger partial charge is 0.0541 e. The molecule has 0 atom stereocenters. The molecule has 0 fully saturated rings. The summed E-state index contributed by atoms with van der Waals surface area (Å²) in [6.45, 7) is 0. The molecule has 3 heteroatoms. The molecule has 1 nitrogen and oxygen atoms in total. The predicted molar refractivity (Wildman–Crippen MR) is 122 cm³/mol. The highest BCUT2D eigenvalue weighted by molar-refractivity contribution is 9.11. The first-order valence-corrected chi connectivity index (χ1v) is 10.4. The lowest BCUT2D eigenvalue weighted by molar-refractivity contribution is 1.18. The molecule has 1 aromatic heterocycles. The summed E-state index contributed by atoms with van der Waals surface area (Å²) in [4.78, 5) is 0. The van der Waals surface area contributed by atoms with Crippen molar-refractivity contribution in [2.24, 2.45) is 0 Å². The van der Waals surface area contributed by atoms with Crippen LogP contribution in [0.2, 0.25) is 0 Å². The van der Waals surface area contributed by atoms with E-state index in [9.17, 15) is 0 Å². The number of rotatable bonds is 2. The summed E-state index contributed by atoms with van der Waals surface area (Å²) in [5.74, 6) is 0. The van der Waals surface area contributed by atoms with Gasteiger partial charge >= 0.3 is 0 Å². The zero-order valence-corrected chi connectivity index (χ0v) is 17.5. The molecular weight excluding hydrogens is 462 g/mol. The summed E-state index contributed by atoms with van der Waals surface area (Å²) in [6, 6.07) is 32.1. The number of para-hydroxylation sites is 2. The summed E-state index contributed by atoms with van der Waals surface area (Å²) in [7, 11) is 0. The first-order chi connectivity index (χ1) is 13.2.